The number of thioether (sulfide) groups is 1. The third-order valence-corrected chi connectivity index (χ3v) is 6.32. The standard InChI is InChI=1S/C24H23ClN4O2S/c1-15-13-18(25)11-12-21(15)31-16(2)23-27-28-24(29(23)3)32-14-22(30)26-20-10-6-8-17-7-4-5-9-19(17)20/h4-13,16H,14H2,1-3H3,(H,26,30). The molecule has 1 unspecified atom stereocenters. The molecule has 1 atom stereocenters. The number of anilines is 1. The van der Waals surface area contributed by atoms with Crippen molar-refractivity contribution in [3.8, 4) is 5.75 Å². The molecule has 0 saturated carbocycles. The molecule has 0 aliphatic heterocycles. The Morgan fingerprint density at radius 2 is 1.94 bits per heavy atom. The Balaban J connectivity index is 1.39. The van der Waals surface area contributed by atoms with Crippen molar-refractivity contribution >= 4 is 45.7 Å². The maximum atomic E-state index is 12.6. The largest absolute Gasteiger partial charge is 0.482 e. The molecule has 8 heteroatoms. The summed E-state index contributed by atoms with van der Waals surface area (Å²) in [5.41, 5.74) is 1.75. The Hall–Kier alpha value is -3.03. The lowest BCUT2D eigenvalue weighted by molar-refractivity contribution is -0.113. The molecule has 1 aromatic heterocycles. The van der Waals surface area contributed by atoms with Gasteiger partial charge in [0.25, 0.3) is 0 Å². The molecule has 0 aliphatic carbocycles. The highest BCUT2D eigenvalue weighted by molar-refractivity contribution is 7.99. The second-order valence-electron chi connectivity index (χ2n) is 7.43. The van der Waals surface area contributed by atoms with Crippen LogP contribution in [0, 0.1) is 6.92 Å². The molecule has 1 N–H and O–H groups in total. The summed E-state index contributed by atoms with van der Waals surface area (Å²) in [5, 5.41) is 14.9. The number of carbonyl (C=O) groups is 1. The molecule has 0 bridgehead atoms. The summed E-state index contributed by atoms with van der Waals surface area (Å²) in [4.78, 5) is 12.6. The van der Waals surface area contributed by atoms with Crippen LogP contribution in [0.4, 0.5) is 5.69 Å². The Labute approximate surface area is 195 Å². The highest BCUT2D eigenvalue weighted by atomic mass is 35.5. The first kappa shape index (κ1) is 22.2. The summed E-state index contributed by atoms with van der Waals surface area (Å²) in [6, 6.07) is 19.3. The van der Waals surface area contributed by atoms with Gasteiger partial charge in [0, 0.05) is 23.1 Å². The van der Waals surface area contributed by atoms with E-state index in [4.69, 9.17) is 16.3 Å². The van der Waals surface area contributed by atoms with E-state index < -0.39 is 0 Å². The van der Waals surface area contributed by atoms with Gasteiger partial charge in [-0.2, -0.15) is 0 Å². The average Bonchev–Trinajstić information content (AvgIpc) is 3.15. The predicted molar refractivity (Wildman–Crippen MR) is 130 cm³/mol. The number of hydrogen-bond donors (Lipinski definition) is 1. The van der Waals surface area contributed by atoms with Crippen molar-refractivity contribution in [2.45, 2.75) is 25.1 Å². The highest BCUT2D eigenvalue weighted by Crippen LogP contribution is 2.28. The summed E-state index contributed by atoms with van der Waals surface area (Å²) < 4.78 is 7.91. The van der Waals surface area contributed by atoms with E-state index in [1.54, 1.807) is 6.07 Å². The number of fused-ring (bicyclic) bond motifs is 1. The summed E-state index contributed by atoms with van der Waals surface area (Å²) in [6.07, 6.45) is -0.314. The minimum atomic E-state index is -0.314. The van der Waals surface area contributed by atoms with Crippen molar-refractivity contribution in [1.29, 1.82) is 0 Å². The van der Waals surface area contributed by atoms with E-state index in [0.29, 0.717) is 16.0 Å². The van der Waals surface area contributed by atoms with E-state index >= 15 is 0 Å². The van der Waals surface area contributed by atoms with Crippen LogP contribution in [0.2, 0.25) is 5.02 Å². The summed E-state index contributed by atoms with van der Waals surface area (Å²) in [6.45, 7) is 3.86. The molecule has 1 amide bonds. The van der Waals surface area contributed by atoms with Crippen LogP contribution < -0.4 is 10.1 Å². The molecule has 6 nitrogen and oxygen atoms in total. The quantitative estimate of drug-likeness (QED) is 0.348. The maximum absolute atomic E-state index is 12.6. The van der Waals surface area contributed by atoms with E-state index in [1.807, 2.05) is 80.1 Å². The number of nitrogens with one attached hydrogen (secondary N) is 1. The van der Waals surface area contributed by atoms with Crippen LogP contribution in [-0.4, -0.2) is 26.4 Å². The van der Waals surface area contributed by atoms with Gasteiger partial charge in [0.2, 0.25) is 5.91 Å². The lowest BCUT2D eigenvalue weighted by atomic mass is 10.1. The van der Waals surface area contributed by atoms with Crippen LogP contribution >= 0.6 is 23.4 Å². The minimum absolute atomic E-state index is 0.100. The second kappa shape index (κ2) is 9.63. The zero-order valence-corrected chi connectivity index (χ0v) is 19.6. The first-order valence-corrected chi connectivity index (χ1v) is 11.5. The van der Waals surface area contributed by atoms with Gasteiger partial charge in [0.1, 0.15) is 5.75 Å². The van der Waals surface area contributed by atoms with Gasteiger partial charge < -0.3 is 14.6 Å². The van der Waals surface area contributed by atoms with Crippen molar-refractivity contribution in [3.05, 3.63) is 77.1 Å². The summed E-state index contributed by atoms with van der Waals surface area (Å²) in [5.74, 6) is 1.54. The van der Waals surface area contributed by atoms with Crippen molar-refractivity contribution in [1.82, 2.24) is 14.8 Å². The van der Waals surface area contributed by atoms with Crippen LogP contribution in [0.5, 0.6) is 5.75 Å². The molecule has 32 heavy (non-hydrogen) atoms. The first-order chi connectivity index (χ1) is 15.4. The van der Waals surface area contributed by atoms with Gasteiger partial charge in [-0.3, -0.25) is 4.79 Å². The molecule has 0 radical (unpaired) electrons. The van der Waals surface area contributed by atoms with Crippen molar-refractivity contribution < 1.29 is 9.53 Å². The van der Waals surface area contributed by atoms with Crippen molar-refractivity contribution in [2.24, 2.45) is 7.05 Å². The second-order valence-corrected chi connectivity index (χ2v) is 8.81. The number of nitrogens with zero attached hydrogens (tertiary/aromatic N) is 3. The fraction of sp³-hybridized carbons (Fsp3) is 0.208. The first-order valence-electron chi connectivity index (χ1n) is 10.1. The summed E-state index contributed by atoms with van der Waals surface area (Å²) >= 11 is 7.36. The molecule has 0 aliphatic rings. The van der Waals surface area contributed by atoms with Crippen molar-refractivity contribution in [3.63, 3.8) is 0 Å². The van der Waals surface area contributed by atoms with E-state index in [0.717, 1.165) is 27.8 Å². The monoisotopic (exact) mass is 466 g/mol. The predicted octanol–water partition coefficient (Wildman–Crippen LogP) is 5.80. The Morgan fingerprint density at radius 3 is 2.75 bits per heavy atom. The minimum Gasteiger partial charge on any atom is -0.482 e. The molecule has 0 saturated heterocycles. The fourth-order valence-corrected chi connectivity index (χ4v) is 4.39. The SMILES string of the molecule is Cc1cc(Cl)ccc1OC(C)c1nnc(SCC(=O)Nc2cccc3ccccc23)n1C. The smallest absolute Gasteiger partial charge is 0.234 e. The normalized spacial score (nSPS) is 12.0. The summed E-state index contributed by atoms with van der Waals surface area (Å²) in [7, 11) is 1.87. The third-order valence-electron chi connectivity index (χ3n) is 5.07. The Kier molecular flexibility index (Phi) is 6.67. The van der Waals surface area contributed by atoms with Crippen molar-refractivity contribution in [2.75, 3.05) is 11.1 Å². The van der Waals surface area contributed by atoms with Crippen LogP contribution in [0.1, 0.15) is 24.4 Å². The van der Waals surface area contributed by atoms with Gasteiger partial charge in [-0.15, -0.1) is 10.2 Å². The molecule has 0 spiro atoms. The third kappa shape index (κ3) is 4.89. The van der Waals surface area contributed by atoms with E-state index in [1.165, 1.54) is 11.8 Å². The molecular formula is C24H23ClN4O2S. The molecule has 0 fully saturated rings. The van der Waals surface area contributed by atoms with Crippen LogP contribution in [0.15, 0.2) is 65.8 Å². The molecule has 4 rings (SSSR count). The van der Waals surface area contributed by atoms with Gasteiger partial charge in [0.05, 0.1) is 5.75 Å². The van der Waals surface area contributed by atoms with Gasteiger partial charge in [-0.05, 0) is 49.1 Å². The number of aryl methyl sites for hydroxylation is 1. The van der Waals surface area contributed by atoms with Crippen LogP contribution in [0.3, 0.4) is 0 Å². The topological polar surface area (TPSA) is 69.0 Å². The van der Waals surface area contributed by atoms with Gasteiger partial charge in [0.15, 0.2) is 17.1 Å². The lowest BCUT2D eigenvalue weighted by Crippen LogP contribution is -2.15. The molecule has 164 valence electrons. The highest BCUT2D eigenvalue weighted by Gasteiger charge is 2.19. The zero-order chi connectivity index (χ0) is 22.7. The van der Waals surface area contributed by atoms with E-state index in [-0.39, 0.29) is 17.8 Å². The zero-order valence-electron chi connectivity index (χ0n) is 18.0. The number of ether oxygens (including phenoxy) is 1. The number of rotatable bonds is 7. The maximum Gasteiger partial charge on any atom is 0.234 e. The average molecular weight is 467 g/mol. The Morgan fingerprint density at radius 1 is 1.16 bits per heavy atom. The Bertz CT molecular complexity index is 1270. The van der Waals surface area contributed by atoms with E-state index in [2.05, 4.69) is 15.5 Å². The van der Waals surface area contributed by atoms with Gasteiger partial charge in [-0.1, -0.05) is 59.8 Å². The van der Waals surface area contributed by atoms with Gasteiger partial charge in [-0.25, -0.2) is 0 Å². The van der Waals surface area contributed by atoms with Crippen LogP contribution in [-0.2, 0) is 11.8 Å². The fourth-order valence-electron chi connectivity index (χ4n) is 3.44. The molecular weight excluding hydrogens is 444 g/mol. The number of halogens is 1. The lowest BCUT2D eigenvalue weighted by Gasteiger charge is -2.16. The number of carbonyl (C=O) groups excluding carboxylic acids is 1. The van der Waals surface area contributed by atoms with Crippen LogP contribution in [0.25, 0.3) is 10.8 Å². The molecule has 3 aromatic carbocycles. The molecule has 1 heterocycles. The van der Waals surface area contributed by atoms with E-state index in [9.17, 15) is 4.79 Å². The van der Waals surface area contributed by atoms with Gasteiger partial charge >= 0.3 is 0 Å². The number of amides is 1. The molecule has 4 aromatic rings. The number of hydrogen-bond acceptors (Lipinski definition) is 5. The number of aromatic nitrogens is 3. The number of benzene rings is 3.